The minimum Gasteiger partial charge on any atom is -0.311 e. The number of piperidine rings is 1. The summed E-state index contributed by atoms with van der Waals surface area (Å²) in [5.74, 6) is 0.561. The number of ketones is 1. The number of carbonyl (C=O) groups excluding carboxylic acids is 1. The average Bonchev–Trinajstić information content (AvgIpc) is 2.68. The molecule has 1 aromatic rings. The van der Waals surface area contributed by atoms with Crippen LogP contribution in [0.15, 0.2) is 28.7 Å². The molecule has 2 bridgehead atoms. The number of rotatable bonds is 2. The molecular weight excluding hydrogens is 278 g/mol. The van der Waals surface area contributed by atoms with Crippen molar-refractivity contribution >= 4 is 21.7 Å². The minimum absolute atomic E-state index is 0.231. The number of hydrogen-bond acceptors (Lipinski definition) is 2. The summed E-state index contributed by atoms with van der Waals surface area (Å²) in [7, 11) is 0. The first-order valence-corrected chi connectivity index (χ1v) is 7.07. The summed E-state index contributed by atoms with van der Waals surface area (Å²) >= 11 is 3.40. The van der Waals surface area contributed by atoms with Gasteiger partial charge in [0.2, 0.25) is 0 Å². The van der Waals surface area contributed by atoms with E-state index in [9.17, 15) is 4.79 Å². The first-order valence-electron chi connectivity index (χ1n) is 6.28. The second-order valence-corrected chi connectivity index (χ2v) is 6.09. The standard InChI is InChI=1S/C14H16BrNO/c15-11-3-1-9(2-4-11)14(17)10-7-12-5-6-13(8-10)16-12/h1-4,10,12-13,16H,5-8H2. The second kappa shape index (κ2) is 4.54. The first-order chi connectivity index (χ1) is 8.22. The lowest BCUT2D eigenvalue weighted by molar-refractivity contribution is 0.0875. The zero-order chi connectivity index (χ0) is 11.8. The molecule has 2 fully saturated rings. The van der Waals surface area contributed by atoms with Crippen molar-refractivity contribution in [1.82, 2.24) is 5.32 Å². The van der Waals surface area contributed by atoms with Crippen molar-refractivity contribution in [2.45, 2.75) is 37.8 Å². The zero-order valence-corrected chi connectivity index (χ0v) is 11.2. The Morgan fingerprint density at radius 2 is 1.71 bits per heavy atom. The largest absolute Gasteiger partial charge is 0.311 e. The molecule has 0 spiro atoms. The first kappa shape index (κ1) is 11.4. The second-order valence-electron chi connectivity index (χ2n) is 5.18. The van der Waals surface area contributed by atoms with Crippen LogP contribution in [0.1, 0.15) is 36.0 Å². The quantitative estimate of drug-likeness (QED) is 0.849. The molecule has 0 saturated carbocycles. The van der Waals surface area contributed by atoms with E-state index in [0.29, 0.717) is 17.9 Å². The van der Waals surface area contributed by atoms with Crippen LogP contribution in [0.4, 0.5) is 0 Å². The van der Waals surface area contributed by atoms with Gasteiger partial charge < -0.3 is 5.32 Å². The van der Waals surface area contributed by atoms with E-state index < -0.39 is 0 Å². The topological polar surface area (TPSA) is 29.1 Å². The number of Topliss-reactive ketones (excluding diaryl/α,β-unsaturated/α-hetero) is 1. The normalized spacial score (nSPS) is 31.5. The van der Waals surface area contributed by atoms with Gasteiger partial charge in [-0.3, -0.25) is 4.79 Å². The van der Waals surface area contributed by atoms with Gasteiger partial charge in [0.1, 0.15) is 0 Å². The lowest BCUT2D eigenvalue weighted by Gasteiger charge is -2.28. The van der Waals surface area contributed by atoms with E-state index in [0.717, 1.165) is 22.9 Å². The number of halogens is 1. The molecular formula is C14H16BrNO. The van der Waals surface area contributed by atoms with Gasteiger partial charge in [-0.2, -0.15) is 0 Å². The van der Waals surface area contributed by atoms with Crippen molar-refractivity contribution in [3.8, 4) is 0 Å². The van der Waals surface area contributed by atoms with Crippen LogP contribution < -0.4 is 5.32 Å². The monoisotopic (exact) mass is 293 g/mol. The summed E-state index contributed by atoms with van der Waals surface area (Å²) < 4.78 is 1.03. The van der Waals surface area contributed by atoms with Crippen LogP contribution in [0.3, 0.4) is 0 Å². The summed E-state index contributed by atoms with van der Waals surface area (Å²) in [6.45, 7) is 0. The molecule has 0 radical (unpaired) electrons. The van der Waals surface area contributed by atoms with Crippen molar-refractivity contribution in [3.63, 3.8) is 0 Å². The van der Waals surface area contributed by atoms with Crippen molar-refractivity contribution in [1.29, 1.82) is 0 Å². The van der Waals surface area contributed by atoms with E-state index >= 15 is 0 Å². The molecule has 2 saturated heterocycles. The highest BCUT2D eigenvalue weighted by atomic mass is 79.9. The highest BCUT2D eigenvalue weighted by Crippen LogP contribution is 2.32. The summed E-state index contributed by atoms with van der Waals surface area (Å²) in [5.41, 5.74) is 0.861. The molecule has 2 heterocycles. The third kappa shape index (κ3) is 2.31. The van der Waals surface area contributed by atoms with Crippen LogP contribution in [0.25, 0.3) is 0 Å². The number of benzene rings is 1. The molecule has 17 heavy (non-hydrogen) atoms. The van der Waals surface area contributed by atoms with Gasteiger partial charge in [0, 0.05) is 28.0 Å². The lowest BCUT2D eigenvalue weighted by Crippen LogP contribution is -2.40. The van der Waals surface area contributed by atoms with Crippen molar-refractivity contribution in [2.24, 2.45) is 5.92 Å². The maximum absolute atomic E-state index is 12.4. The maximum Gasteiger partial charge on any atom is 0.166 e. The Bertz CT molecular complexity index is 416. The Morgan fingerprint density at radius 1 is 1.12 bits per heavy atom. The molecule has 90 valence electrons. The smallest absolute Gasteiger partial charge is 0.166 e. The SMILES string of the molecule is O=C(c1ccc(Br)cc1)C1CC2CCC(C1)N2. The summed E-state index contributed by atoms with van der Waals surface area (Å²) in [6, 6.07) is 8.91. The van der Waals surface area contributed by atoms with Gasteiger partial charge in [0.05, 0.1) is 0 Å². The van der Waals surface area contributed by atoms with Gasteiger partial charge in [-0.1, -0.05) is 28.1 Å². The van der Waals surface area contributed by atoms with E-state index in [1.54, 1.807) is 0 Å². The van der Waals surface area contributed by atoms with Crippen LogP contribution in [0, 0.1) is 5.92 Å². The molecule has 2 aliphatic rings. The Labute approximate surface area is 110 Å². The predicted molar refractivity (Wildman–Crippen MR) is 71.1 cm³/mol. The highest BCUT2D eigenvalue weighted by Gasteiger charge is 2.36. The number of nitrogens with one attached hydrogen (secondary N) is 1. The summed E-state index contributed by atoms with van der Waals surface area (Å²) in [5, 5.41) is 3.58. The van der Waals surface area contributed by atoms with Crippen LogP contribution in [0.5, 0.6) is 0 Å². The Balaban J connectivity index is 1.76. The average molecular weight is 294 g/mol. The molecule has 1 aromatic carbocycles. The lowest BCUT2D eigenvalue weighted by atomic mass is 9.86. The van der Waals surface area contributed by atoms with Crippen LogP contribution in [-0.4, -0.2) is 17.9 Å². The van der Waals surface area contributed by atoms with Gasteiger partial charge in [0.15, 0.2) is 5.78 Å². The molecule has 0 amide bonds. The number of fused-ring (bicyclic) bond motifs is 2. The van der Waals surface area contributed by atoms with E-state index in [-0.39, 0.29) is 5.92 Å². The molecule has 3 heteroatoms. The predicted octanol–water partition coefficient (Wildman–Crippen LogP) is 3.16. The molecule has 1 N–H and O–H groups in total. The van der Waals surface area contributed by atoms with Crippen molar-refractivity contribution < 1.29 is 4.79 Å². The van der Waals surface area contributed by atoms with Gasteiger partial charge in [0.25, 0.3) is 0 Å². The molecule has 0 aromatic heterocycles. The Kier molecular flexibility index (Phi) is 3.05. The summed E-state index contributed by atoms with van der Waals surface area (Å²) in [4.78, 5) is 12.4. The highest BCUT2D eigenvalue weighted by molar-refractivity contribution is 9.10. The van der Waals surface area contributed by atoms with Crippen LogP contribution in [0.2, 0.25) is 0 Å². The van der Waals surface area contributed by atoms with E-state index in [2.05, 4.69) is 21.2 Å². The molecule has 2 unspecified atom stereocenters. The fourth-order valence-corrected chi connectivity index (χ4v) is 3.39. The Morgan fingerprint density at radius 3 is 2.29 bits per heavy atom. The maximum atomic E-state index is 12.4. The van der Waals surface area contributed by atoms with E-state index in [1.807, 2.05) is 24.3 Å². The number of carbonyl (C=O) groups is 1. The molecule has 3 rings (SSSR count). The fourth-order valence-electron chi connectivity index (χ4n) is 3.12. The summed E-state index contributed by atoms with van der Waals surface area (Å²) in [6.07, 6.45) is 4.53. The molecule has 0 aliphatic carbocycles. The van der Waals surface area contributed by atoms with Gasteiger partial charge >= 0.3 is 0 Å². The van der Waals surface area contributed by atoms with Gasteiger partial charge in [-0.25, -0.2) is 0 Å². The van der Waals surface area contributed by atoms with Crippen molar-refractivity contribution in [2.75, 3.05) is 0 Å². The van der Waals surface area contributed by atoms with Crippen molar-refractivity contribution in [3.05, 3.63) is 34.3 Å². The van der Waals surface area contributed by atoms with E-state index in [1.165, 1.54) is 12.8 Å². The molecule has 2 aliphatic heterocycles. The van der Waals surface area contributed by atoms with Gasteiger partial charge in [-0.05, 0) is 37.8 Å². The van der Waals surface area contributed by atoms with Gasteiger partial charge in [-0.15, -0.1) is 0 Å². The van der Waals surface area contributed by atoms with Crippen LogP contribution >= 0.6 is 15.9 Å². The number of hydrogen-bond donors (Lipinski definition) is 1. The third-order valence-electron chi connectivity index (χ3n) is 3.97. The van der Waals surface area contributed by atoms with E-state index in [4.69, 9.17) is 0 Å². The zero-order valence-electron chi connectivity index (χ0n) is 9.66. The minimum atomic E-state index is 0.231. The molecule has 2 atom stereocenters. The fraction of sp³-hybridized carbons (Fsp3) is 0.500. The third-order valence-corrected chi connectivity index (χ3v) is 4.50. The molecule has 2 nitrogen and oxygen atoms in total. The Hall–Kier alpha value is -0.670. The van der Waals surface area contributed by atoms with Crippen LogP contribution in [-0.2, 0) is 0 Å².